The van der Waals surface area contributed by atoms with E-state index in [0.717, 1.165) is 72.4 Å². The number of benzene rings is 11. The van der Waals surface area contributed by atoms with Gasteiger partial charge < -0.3 is 9.32 Å². The van der Waals surface area contributed by atoms with E-state index < -0.39 is 0 Å². The van der Waals surface area contributed by atoms with Crippen molar-refractivity contribution in [1.82, 2.24) is 0 Å². The number of hydrogen-bond acceptors (Lipinski definition) is 2. The Morgan fingerprint density at radius 1 is 0.281 bits per heavy atom. The van der Waals surface area contributed by atoms with Gasteiger partial charge in [0.25, 0.3) is 0 Å². The number of para-hydroxylation sites is 1. The van der Waals surface area contributed by atoms with Crippen LogP contribution in [0.3, 0.4) is 0 Å². The molecule has 0 spiro atoms. The highest BCUT2D eigenvalue weighted by Gasteiger charge is 2.26. The fourth-order valence-electron chi connectivity index (χ4n) is 9.70. The van der Waals surface area contributed by atoms with Gasteiger partial charge >= 0.3 is 0 Å². The molecule has 0 aliphatic rings. The smallest absolute Gasteiger partial charge is 0.145 e. The molecule has 0 unspecified atom stereocenters. The summed E-state index contributed by atoms with van der Waals surface area (Å²) in [4.78, 5) is 2.46. The molecule has 0 aliphatic carbocycles. The molecule has 0 N–H and O–H groups in total. The summed E-state index contributed by atoms with van der Waals surface area (Å²) in [7, 11) is 0. The normalized spacial score (nSPS) is 11.4. The van der Waals surface area contributed by atoms with Crippen LogP contribution in [0.5, 0.6) is 0 Å². The summed E-state index contributed by atoms with van der Waals surface area (Å²) >= 11 is 0. The highest BCUT2D eigenvalue weighted by molar-refractivity contribution is 6.21. The van der Waals surface area contributed by atoms with Crippen molar-refractivity contribution < 1.29 is 4.42 Å². The number of furan rings is 1. The maximum atomic E-state index is 7.08. The molecule has 0 bridgehead atoms. The van der Waals surface area contributed by atoms with Crippen LogP contribution in [0.4, 0.5) is 17.1 Å². The second kappa shape index (κ2) is 15.8. The molecule has 0 aliphatic heterocycles. The van der Waals surface area contributed by atoms with Crippen LogP contribution in [-0.4, -0.2) is 0 Å². The molecule has 0 radical (unpaired) electrons. The van der Waals surface area contributed by atoms with E-state index in [2.05, 4.69) is 254 Å². The molecule has 11 aromatic carbocycles. The molecule has 0 atom stereocenters. The summed E-state index contributed by atoms with van der Waals surface area (Å²) in [6.45, 7) is 0. The first-order chi connectivity index (χ1) is 31.8. The lowest BCUT2D eigenvalue weighted by Gasteiger charge is -2.30. The minimum atomic E-state index is 0.851. The molecule has 0 amide bonds. The fraction of sp³-hybridized carbons (Fsp3) is 0. The second-order valence-electron chi connectivity index (χ2n) is 16.4. The van der Waals surface area contributed by atoms with Gasteiger partial charge in [-0.3, -0.25) is 0 Å². The summed E-state index contributed by atoms with van der Waals surface area (Å²) < 4.78 is 7.08. The third kappa shape index (κ3) is 6.44. The summed E-state index contributed by atoms with van der Waals surface area (Å²) in [6, 6.07) is 89.6. The lowest BCUT2D eigenvalue weighted by molar-refractivity contribution is 0.670. The zero-order valence-corrected chi connectivity index (χ0v) is 35.0. The van der Waals surface area contributed by atoms with Gasteiger partial charge in [-0.1, -0.05) is 200 Å². The minimum absolute atomic E-state index is 0.851. The molecule has 0 fully saturated rings. The summed E-state index contributed by atoms with van der Waals surface area (Å²) in [5, 5.41) is 6.99. The van der Waals surface area contributed by atoms with Crippen molar-refractivity contribution in [3.63, 3.8) is 0 Å². The molecule has 0 saturated heterocycles. The predicted octanol–water partition coefficient (Wildman–Crippen LogP) is 17.7. The molecule has 12 aromatic rings. The van der Waals surface area contributed by atoms with E-state index >= 15 is 0 Å². The van der Waals surface area contributed by atoms with E-state index in [4.69, 9.17) is 4.42 Å². The van der Waals surface area contributed by atoms with Crippen molar-refractivity contribution >= 4 is 60.5 Å². The topological polar surface area (TPSA) is 16.4 Å². The van der Waals surface area contributed by atoms with Gasteiger partial charge in [0.15, 0.2) is 0 Å². The molecule has 12 rings (SSSR count). The quantitative estimate of drug-likeness (QED) is 0.142. The first-order valence-electron chi connectivity index (χ1n) is 21.9. The Kier molecular flexibility index (Phi) is 9.20. The van der Waals surface area contributed by atoms with Crippen molar-refractivity contribution in [3.05, 3.63) is 249 Å². The van der Waals surface area contributed by atoms with Gasteiger partial charge in [0, 0.05) is 22.2 Å². The zero-order valence-electron chi connectivity index (χ0n) is 35.0. The van der Waals surface area contributed by atoms with Crippen LogP contribution >= 0.6 is 0 Å². The van der Waals surface area contributed by atoms with E-state index in [-0.39, 0.29) is 0 Å². The largest absolute Gasteiger partial charge is 0.455 e. The van der Waals surface area contributed by atoms with Crippen LogP contribution in [0.1, 0.15) is 0 Å². The van der Waals surface area contributed by atoms with Crippen LogP contribution in [0.15, 0.2) is 253 Å². The Morgan fingerprint density at radius 3 is 1.59 bits per heavy atom. The van der Waals surface area contributed by atoms with Gasteiger partial charge in [0.05, 0.1) is 16.8 Å². The standard InChI is InChI=1S/C62H41NO/c1-4-19-42(20-5-1)45-35-37-58(56(40-45)44-23-8-3-9-24-44)63(48-27-18-26-46(39-48)50-29-13-12-28-49(50)43-21-6-2-7-22-43)59-38-36-54(62-61(59)55-33-16-17-34-60(55)64-62)57-41-47-25-10-11-30-51(47)52-31-14-15-32-53(52)57/h1-41H. The lowest BCUT2D eigenvalue weighted by atomic mass is 9.91. The number of hydrogen-bond donors (Lipinski definition) is 0. The van der Waals surface area contributed by atoms with Gasteiger partial charge in [-0.05, 0) is 115 Å². The maximum absolute atomic E-state index is 7.08. The molecule has 2 nitrogen and oxygen atoms in total. The Labute approximate surface area is 372 Å². The van der Waals surface area contributed by atoms with Crippen LogP contribution in [-0.2, 0) is 0 Å². The Bertz CT molecular complexity index is 3660. The third-order valence-corrected chi connectivity index (χ3v) is 12.7. The first kappa shape index (κ1) is 37.3. The average Bonchev–Trinajstić information content (AvgIpc) is 3.77. The minimum Gasteiger partial charge on any atom is -0.455 e. The summed E-state index contributed by atoms with van der Waals surface area (Å²) in [5.41, 5.74) is 16.3. The van der Waals surface area contributed by atoms with Gasteiger partial charge in [0.2, 0.25) is 0 Å². The summed E-state index contributed by atoms with van der Waals surface area (Å²) in [5.74, 6) is 0. The second-order valence-corrected chi connectivity index (χ2v) is 16.4. The average molecular weight is 816 g/mol. The van der Waals surface area contributed by atoms with Crippen molar-refractivity contribution in [2.45, 2.75) is 0 Å². The molecule has 64 heavy (non-hydrogen) atoms. The Hall–Kier alpha value is -8.46. The highest BCUT2D eigenvalue weighted by Crippen LogP contribution is 2.50. The first-order valence-corrected chi connectivity index (χ1v) is 21.9. The molecular weight excluding hydrogens is 775 g/mol. The molecule has 1 aromatic heterocycles. The van der Waals surface area contributed by atoms with E-state index in [1.807, 2.05) is 0 Å². The highest BCUT2D eigenvalue weighted by atomic mass is 16.3. The van der Waals surface area contributed by atoms with Gasteiger partial charge in [-0.25, -0.2) is 0 Å². The Balaban J connectivity index is 1.16. The van der Waals surface area contributed by atoms with Crippen LogP contribution in [0.2, 0.25) is 0 Å². The SMILES string of the molecule is c1ccc(-c2ccc(N(c3cccc(-c4ccccc4-c4ccccc4)c3)c3ccc(-c4cc5ccccc5c5ccccc45)c4oc5ccccc5c34)c(-c3ccccc3)c2)cc1. The van der Waals surface area contributed by atoms with Crippen molar-refractivity contribution in [2.75, 3.05) is 4.90 Å². The van der Waals surface area contributed by atoms with E-state index in [1.54, 1.807) is 0 Å². The summed E-state index contributed by atoms with van der Waals surface area (Å²) in [6.07, 6.45) is 0. The van der Waals surface area contributed by atoms with Crippen molar-refractivity contribution in [1.29, 1.82) is 0 Å². The third-order valence-electron chi connectivity index (χ3n) is 12.7. The van der Waals surface area contributed by atoms with E-state index in [1.165, 1.54) is 43.8 Å². The number of nitrogens with zero attached hydrogens (tertiary/aromatic N) is 1. The molecule has 300 valence electrons. The van der Waals surface area contributed by atoms with Gasteiger partial charge in [-0.2, -0.15) is 0 Å². The molecule has 2 heteroatoms. The van der Waals surface area contributed by atoms with Crippen LogP contribution in [0, 0.1) is 0 Å². The lowest BCUT2D eigenvalue weighted by Crippen LogP contribution is -2.12. The van der Waals surface area contributed by atoms with Gasteiger partial charge in [-0.15, -0.1) is 0 Å². The molecule has 1 heterocycles. The fourth-order valence-corrected chi connectivity index (χ4v) is 9.70. The predicted molar refractivity (Wildman–Crippen MR) is 271 cm³/mol. The van der Waals surface area contributed by atoms with Crippen molar-refractivity contribution in [3.8, 4) is 55.6 Å². The van der Waals surface area contributed by atoms with Crippen LogP contribution < -0.4 is 4.90 Å². The number of anilines is 3. The van der Waals surface area contributed by atoms with Crippen LogP contribution in [0.25, 0.3) is 99.1 Å². The van der Waals surface area contributed by atoms with Crippen molar-refractivity contribution in [2.24, 2.45) is 0 Å². The maximum Gasteiger partial charge on any atom is 0.145 e. The van der Waals surface area contributed by atoms with Gasteiger partial charge in [0.1, 0.15) is 11.2 Å². The number of fused-ring (bicyclic) bond motifs is 6. The van der Waals surface area contributed by atoms with E-state index in [9.17, 15) is 0 Å². The molecule has 0 saturated carbocycles. The molecular formula is C62H41NO. The Morgan fingerprint density at radius 2 is 0.844 bits per heavy atom. The zero-order chi connectivity index (χ0) is 42.4. The monoisotopic (exact) mass is 815 g/mol. The number of rotatable bonds is 8. The van der Waals surface area contributed by atoms with E-state index in [0.29, 0.717) is 0 Å².